The smallest absolute Gasteiger partial charge is 0.125 e. The molecule has 0 aliphatic carbocycles. The van der Waals surface area contributed by atoms with Crippen molar-refractivity contribution in [3.63, 3.8) is 0 Å². The van der Waals surface area contributed by atoms with E-state index in [4.69, 9.17) is 5.73 Å². The molecule has 0 amide bonds. The minimum atomic E-state index is -0.300. The van der Waals surface area contributed by atoms with E-state index in [-0.39, 0.29) is 5.82 Å². The molecule has 0 saturated carbocycles. The molecule has 0 fully saturated rings. The molecule has 2 aromatic rings. The Morgan fingerprint density at radius 2 is 1.76 bits per heavy atom. The summed E-state index contributed by atoms with van der Waals surface area (Å²) in [6, 6.07) is 10.3. The number of hydrogen-bond donors (Lipinski definition) is 2. The number of aryl methyl sites for hydroxylation is 2. The highest BCUT2D eigenvalue weighted by Crippen LogP contribution is 2.26. The van der Waals surface area contributed by atoms with Crippen molar-refractivity contribution in [2.45, 2.75) is 13.8 Å². The van der Waals surface area contributed by atoms with Crippen molar-refractivity contribution in [2.75, 3.05) is 11.1 Å². The lowest BCUT2D eigenvalue weighted by molar-refractivity contribution is 0.628. The van der Waals surface area contributed by atoms with Crippen LogP contribution in [0.15, 0.2) is 36.4 Å². The van der Waals surface area contributed by atoms with E-state index in [2.05, 4.69) is 11.4 Å². The molecule has 2 nitrogen and oxygen atoms in total. The molecule has 0 radical (unpaired) electrons. The lowest BCUT2D eigenvalue weighted by Crippen LogP contribution is -1.98. The van der Waals surface area contributed by atoms with Crippen LogP contribution in [-0.4, -0.2) is 0 Å². The maximum Gasteiger partial charge on any atom is 0.125 e. The Morgan fingerprint density at radius 3 is 2.47 bits per heavy atom. The van der Waals surface area contributed by atoms with Crippen LogP contribution in [0.1, 0.15) is 11.1 Å². The Kier molecular flexibility index (Phi) is 3.00. The van der Waals surface area contributed by atoms with E-state index in [1.54, 1.807) is 6.07 Å². The number of nitrogens with two attached hydrogens (primary N) is 1. The second-order valence-corrected chi connectivity index (χ2v) is 4.17. The Bertz CT molecular complexity index is 550. The largest absolute Gasteiger partial charge is 0.397 e. The number of nitrogens with one attached hydrogen (secondary N) is 1. The van der Waals surface area contributed by atoms with E-state index in [1.807, 2.05) is 26.0 Å². The van der Waals surface area contributed by atoms with Crippen LogP contribution >= 0.6 is 0 Å². The van der Waals surface area contributed by atoms with Gasteiger partial charge >= 0.3 is 0 Å². The fraction of sp³-hybridized carbons (Fsp3) is 0.143. The van der Waals surface area contributed by atoms with Crippen molar-refractivity contribution in [1.29, 1.82) is 0 Å². The third kappa shape index (κ3) is 2.56. The third-order valence-corrected chi connectivity index (χ3v) is 2.67. The van der Waals surface area contributed by atoms with Gasteiger partial charge in [-0.05, 0) is 43.7 Å². The normalized spacial score (nSPS) is 10.3. The molecule has 0 spiro atoms. The summed E-state index contributed by atoms with van der Waals surface area (Å²) in [5.41, 5.74) is 10.2. The van der Waals surface area contributed by atoms with Crippen molar-refractivity contribution in [1.82, 2.24) is 0 Å². The van der Waals surface area contributed by atoms with E-state index >= 15 is 0 Å². The first-order chi connectivity index (χ1) is 8.06. The lowest BCUT2D eigenvalue weighted by atomic mass is 10.1. The van der Waals surface area contributed by atoms with Gasteiger partial charge in [0.15, 0.2) is 0 Å². The van der Waals surface area contributed by atoms with E-state index in [1.165, 1.54) is 17.7 Å². The van der Waals surface area contributed by atoms with Crippen LogP contribution in [0.3, 0.4) is 0 Å². The number of nitrogen functional groups attached to an aromatic ring is 1. The fourth-order valence-electron chi connectivity index (χ4n) is 1.74. The average Bonchev–Trinajstić information content (AvgIpc) is 2.27. The molecule has 0 aliphatic heterocycles. The quantitative estimate of drug-likeness (QED) is 0.771. The summed E-state index contributed by atoms with van der Waals surface area (Å²) < 4.78 is 13.1. The molecule has 0 bridgehead atoms. The highest BCUT2D eigenvalue weighted by molar-refractivity contribution is 5.73. The van der Waals surface area contributed by atoms with Crippen molar-refractivity contribution in [2.24, 2.45) is 0 Å². The van der Waals surface area contributed by atoms with Gasteiger partial charge in [-0.15, -0.1) is 0 Å². The number of benzene rings is 2. The van der Waals surface area contributed by atoms with Crippen molar-refractivity contribution in [3.05, 3.63) is 53.3 Å². The van der Waals surface area contributed by atoms with Crippen LogP contribution in [0.5, 0.6) is 0 Å². The summed E-state index contributed by atoms with van der Waals surface area (Å²) in [5, 5.41) is 3.14. The molecule has 0 aliphatic rings. The minimum absolute atomic E-state index is 0.300. The van der Waals surface area contributed by atoms with Crippen molar-refractivity contribution < 1.29 is 4.39 Å². The fourth-order valence-corrected chi connectivity index (χ4v) is 1.74. The topological polar surface area (TPSA) is 38.0 Å². The lowest BCUT2D eigenvalue weighted by Gasteiger charge is -2.12. The Morgan fingerprint density at radius 1 is 1.00 bits per heavy atom. The predicted molar refractivity (Wildman–Crippen MR) is 70.0 cm³/mol. The molecule has 2 rings (SSSR count). The molecule has 3 heteroatoms. The van der Waals surface area contributed by atoms with Crippen LogP contribution in [0.25, 0.3) is 0 Å². The van der Waals surface area contributed by atoms with Gasteiger partial charge in [-0.3, -0.25) is 0 Å². The van der Waals surface area contributed by atoms with Gasteiger partial charge in [0.1, 0.15) is 5.82 Å². The molecular formula is C14H15FN2. The van der Waals surface area contributed by atoms with Crippen LogP contribution < -0.4 is 11.1 Å². The van der Waals surface area contributed by atoms with Crippen LogP contribution in [0.4, 0.5) is 21.5 Å². The Hall–Kier alpha value is -2.03. The zero-order valence-electron chi connectivity index (χ0n) is 9.92. The highest BCUT2D eigenvalue weighted by atomic mass is 19.1. The Balaban J connectivity index is 2.34. The molecule has 0 unspecified atom stereocenters. The summed E-state index contributed by atoms with van der Waals surface area (Å²) in [4.78, 5) is 0. The standard InChI is InChI=1S/C14H15FN2/c1-9-3-6-13(10(2)7-9)17-14-8-11(15)4-5-12(14)16/h3-8,17H,16H2,1-2H3. The SMILES string of the molecule is Cc1ccc(Nc2cc(F)ccc2N)c(C)c1. The number of rotatable bonds is 2. The number of hydrogen-bond acceptors (Lipinski definition) is 2. The van der Waals surface area contributed by atoms with Crippen LogP contribution in [-0.2, 0) is 0 Å². The third-order valence-electron chi connectivity index (χ3n) is 2.67. The number of halogens is 1. The molecule has 2 aromatic carbocycles. The monoisotopic (exact) mass is 230 g/mol. The van der Waals surface area contributed by atoms with E-state index in [9.17, 15) is 4.39 Å². The van der Waals surface area contributed by atoms with Gasteiger partial charge in [0.05, 0.1) is 11.4 Å². The second-order valence-electron chi connectivity index (χ2n) is 4.17. The molecule has 0 saturated heterocycles. The molecule has 0 atom stereocenters. The summed E-state index contributed by atoms with van der Waals surface area (Å²) in [5.74, 6) is -0.300. The number of anilines is 3. The molecule has 3 N–H and O–H groups in total. The minimum Gasteiger partial charge on any atom is -0.397 e. The van der Waals surface area contributed by atoms with E-state index < -0.39 is 0 Å². The van der Waals surface area contributed by atoms with Gasteiger partial charge in [0, 0.05) is 5.69 Å². The molecule has 0 aromatic heterocycles. The van der Waals surface area contributed by atoms with Crippen molar-refractivity contribution in [3.8, 4) is 0 Å². The van der Waals surface area contributed by atoms with Crippen LogP contribution in [0, 0.1) is 19.7 Å². The maximum absolute atomic E-state index is 13.1. The average molecular weight is 230 g/mol. The summed E-state index contributed by atoms with van der Waals surface area (Å²) in [6.07, 6.45) is 0. The van der Waals surface area contributed by atoms with Crippen LogP contribution in [0.2, 0.25) is 0 Å². The molecule has 17 heavy (non-hydrogen) atoms. The summed E-state index contributed by atoms with van der Waals surface area (Å²) >= 11 is 0. The van der Waals surface area contributed by atoms with E-state index in [0.29, 0.717) is 11.4 Å². The van der Waals surface area contributed by atoms with Crippen molar-refractivity contribution >= 4 is 17.1 Å². The summed E-state index contributed by atoms with van der Waals surface area (Å²) in [7, 11) is 0. The maximum atomic E-state index is 13.1. The molecule has 0 heterocycles. The molecular weight excluding hydrogens is 215 g/mol. The van der Waals surface area contributed by atoms with Gasteiger partial charge in [-0.2, -0.15) is 0 Å². The predicted octanol–water partition coefficient (Wildman–Crippen LogP) is 3.77. The van der Waals surface area contributed by atoms with Gasteiger partial charge in [-0.1, -0.05) is 17.7 Å². The Labute approximate surface area is 100 Å². The highest BCUT2D eigenvalue weighted by Gasteiger charge is 2.03. The van der Waals surface area contributed by atoms with Gasteiger partial charge in [-0.25, -0.2) is 4.39 Å². The zero-order valence-corrected chi connectivity index (χ0v) is 9.92. The first kappa shape index (κ1) is 11.5. The van der Waals surface area contributed by atoms with E-state index in [0.717, 1.165) is 11.3 Å². The first-order valence-corrected chi connectivity index (χ1v) is 5.45. The van der Waals surface area contributed by atoms with Gasteiger partial charge < -0.3 is 11.1 Å². The van der Waals surface area contributed by atoms with Gasteiger partial charge in [0.25, 0.3) is 0 Å². The van der Waals surface area contributed by atoms with Gasteiger partial charge in [0.2, 0.25) is 0 Å². The first-order valence-electron chi connectivity index (χ1n) is 5.45. The molecule has 88 valence electrons. The summed E-state index contributed by atoms with van der Waals surface area (Å²) in [6.45, 7) is 4.04. The zero-order chi connectivity index (χ0) is 12.4. The second kappa shape index (κ2) is 4.45.